The Morgan fingerprint density at radius 3 is 2.52 bits per heavy atom. The summed E-state index contributed by atoms with van der Waals surface area (Å²) < 4.78 is 5.35. The minimum atomic E-state index is 0.0577. The predicted octanol–water partition coefficient (Wildman–Crippen LogP) is 3.34. The molecule has 0 N–H and O–H groups in total. The molecule has 0 unspecified atom stereocenters. The summed E-state index contributed by atoms with van der Waals surface area (Å²) in [6.45, 7) is 3.41. The van der Waals surface area contributed by atoms with Crippen molar-refractivity contribution >= 4 is 11.8 Å². The molecule has 0 atom stereocenters. The van der Waals surface area contributed by atoms with Gasteiger partial charge in [0.2, 0.25) is 5.91 Å². The second-order valence-corrected chi connectivity index (χ2v) is 8.53. The van der Waals surface area contributed by atoms with E-state index in [2.05, 4.69) is 4.90 Å². The highest BCUT2D eigenvalue weighted by Crippen LogP contribution is 2.42. The number of benzene rings is 1. The Morgan fingerprint density at radius 1 is 1.11 bits per heavy atom. The van der Waals surface area contributed by atoms with Gasteiger partial charge < -0.3 is 14.5 Å². The molecular weight excluding hydrogens is 340 g/mol. The molecule has 27 heavy (non-hydrogen) atoms. The van der Waals surface area contributed by atoms with Gasteiger partial charge in [0, 0.05) is 32.6 Å². The lowest BCUT2D eigenvalue weighted by molar-refractivity contribution is -0.130. The average Bonchev–Trinajstić information content (AvgIpc) is 3.54. The molecule has 1 aromatic carbocycles. The molecule has 1 aromatic rings. The van der Waals surface area contributed by atoms with Crippen molar-refractivity contribution in [1.82, 2.24) is 9.80 Å². The van der Waals surface area contributed by atoms with E-state index in [1.54, 1.807) is 7.11 Å². The molecule has 0 radical (unpaired) electrons. The highest BCUT2D eigenvalue weighted by molar-refractivity contribution is 5.97. The SMILES string of the molecule is COc1ccccc1C(=O)N1CCC2(CCC(=O)N(CC3CC3)CC2)CC1. The number of piperidine rings is 1. The van der Waals surface area contributed by atoms with Gasteiger partial charge in [-0.1, -0.05) is 12.1 Å². The van der Waals surface area contributed by atoms with Crippen molar-refractivity contribution < 1.29 is 14.3 Å². The smallest absolute Gasteiger partial charge is 0.257 e. The fourth-order valence-electron chi connectivity index (χ4n) is 4.63. The molecule has 0 aromatic heterocycles. The van der Waals surface area contributed by atoms with Crippen molar-refractivity contribution in [3.05, 3.63) is 29.8 Å². The van der Waals surface area contributed by atoms with Crippen molar-refractivity contribution in [3.8, 4) is 5.75 Å². The highest BCUT2D eigenvalue weighted by atomic mass is 16.5. The molecule has 0 bridgehead atoms. The molecule has 1 aliphatic carbocycles. The number of ether oxygens (including phenoxy) is 1. The van der Waals surface area contributed by atoms with Crippen LogP contribution in [0.4, 0.5) is 0 Å². The summed E-state index contributed by atoms with van der Waals surface area (Å²) in [5, 5.41) is 0. The van der Waals surface area contributed by atoms with E-state index in [0.717, 1.165) is 57.8 Å². The van der Waals surface area contributed by atoms with Crippen molar-refractivity contribution in [2.45, 2.75) is 44.9 Å². The van der Waals surface area contributed by atoms with Crippen LogP contribution in [0.3, 0.4) is 0 Å². The average molecular weight is 370 g/mol. The first-order chi connectivity index (χ1) is 13.1. The molecule has 2 aliphatic heterocycles. The van der Waals surface area contributed by atoms with Crippen LogP contribution in [0.15, 0.2) is 24.3 Å². The summed E-state index contributed by atoms with van der Waals surface area (Å²) >= 11 is 0. The Bertz CT molecular complexity index is 705. The van der Waals surface area contributed by atoms with Crippen LogP contribution < -0.4 is 4.74 Å². The maximum Gasteiger partial charge on any atom is 0.257 e. The van der Waals surface area contributed by atoms with Crippen LogP contribution in [0.2, 0.25) is 0 Å². The van der Waals surface area contributed by atoms with Gasteiger partial charge in [-0.2, -0.15) is 0 Å². The minimum absolute atomic E-state index is 0.0577. The van der Waals surface area contributed by atoms with Crippen LogP contribution in [0.5, 0.6) is 5.75 Å². The number of nitrogens with zero attached hydrogens (tertiary/aromatic N) is 2. The number of carbonyl (C=O) groups is 2. The first kappa shape index (κ1) is 18.3. The zero-order valence-electron chi connectivity index (χ0n) is 16.3. The number of para-hydroxylation sites is 1. The first-order valence-electron chi connectivity index (χ1n) is 10.3. The van der Waals surface area contributed by atoms with E-state index in [1.807, 2.05) is 29.2 Å². The number of rotatable bonds is 4. The molecule has 4 rings (SSSR count). The largest absolute Gasteiger partial charge is 0.496 e. The molecule has 5 heteroatoms. The Labute approximate surface area is 161 Å². The first-order valence-corrected chi connectivity index (χ1v) is 10.3. The molecule has 1 spiro atoms. The number of amides is 2. The molecule has 146 valence electrons. The van der Waals surface area contributed by atoms with Gasteiger partial charge in [0.1, 0.15) is 5.75 Å². The monoisotopic (exact) mass is 370 g/mol. The Balaban J connectivity index is 1.38. The minimum Gasteiger partial charge on any atom is -0.496 e. The molecular formula is C22H30N2O3. The van der Waals surface area contributed by atoms with E-state index in [1.165, 1.54) is 12.8 Å². The lowest BCUT2D eigenvalue weighted by Crippen LogP contribution is -2.43. The van der Waals surface area contributed by atoms with Crippen LogP contribution in [-0.2, 0) is 4.79 Å². The molecule has 5 nitrogen and oxygen atoms in total. The molecule has 1 saturated carbocycles. The Kier molecular flexibility index (Phi) is 5.11. The molecule has 2 amide bonds. The lowest BCUT2D eigenvalue weighted by atomic mass is 9.73. The second kappa shape index (κ2) is 7.53. The van der Waals surface area contributed by atoms with Gasteiger partial charge in [-0.3, -0.25) is 9.59 Å². The van der Waals surface area contributed by atoms with Gasteiger partial charge >= 0.3 is 0 Å². The van der Waals surface area contributed by atoms with Gasteiger partial charge in [0.05, 0.1) is 12.7 Å². The number of carbonyl (C=O) groups excluding carboxylic acids is 2. The Hall–Kier alpha value is -2.04. The van der Waals surface area contributed by atoms with Crippen LogP contribution >= 0.6 is 0 Å². The Morgan fingerprint density at radius 2 is 1.81 bits per heavy atom. The topological polar surface area (TPSA) is 49.9 Å². The van der Waals surface area contributed by atoms with Crippen molar-refractivity contribution in [2.75, 3.05) is 33.3 Å². The van der Waals surface area contributed by atoms with E-state index < -0.39 is 0 Å². The summed E-state index contributed by atoms with van der Waals surface area (Å²) in [5.41, 5.74) is 0.869. The number of methoxy groups -OCH3 is 1. The van der Waals surface area contributed by atoms with Gasteiger partial charge in [0.25, 0.3) is 5.91 Å². The standard InChI is InChI=1S/C22H30N2O3/c1-27-19-5-3-2-4-18(19)21(26)23-13-10-22(11-14-23)9-8-20(25)24(15-12-22)16-17-6-7-17/h2-5,17H,6-16H2,1H3. The third-order valence-electron chi connectivity index (χ3n) is 6.76. The van der Waals surface area contributed by atoms with Gasteiger partial charge in [-0.15, -0.1) is 0 Å². The quantitative estimate of drug-likeness (QED) is 0.817. The van der Waals surface area contributed by atoms with Crippen LogP contribution in [0, 0.1) is 11.3 Å². The van der Waals surface area contributed by atoms with E-state index in [4.69, 9.17) is 4.74 Å². The number of hydrogen-bond acceptors (Lipinski definition) is 3. The third kappa shape index (κ3) is 3.97. The summed E-state index contributed by atoms with van der Waals surface area (Å²) in [5.74, 6) is 1.79. The fourth-order valence-corrected chi connectivity index (χ4v) is 4.63. The third-order valence-corrected chi connectivity index (χ3v) is 6.76. The predicted molar refractivity (Wildman–Crippen MR) is 104 cm³/mol. The van der Waals surface area contributed by atoms with Crippen LogP contribution in [0.1, 0.15) is 55.3 Å². The zero-order chi connectivity index (χ0) is 18.9. The zero-order valence-corrected chi connectivity index (χ0v) is 16.3. The number of likely N-dealkylation sites (tertiary alicyclic amines) is 2. The molecule has 3 aliphatic rings. The normalized spacial score (nSPS) is 22.6. The maximum absolute atomic E-state index is 12.9. The summed E-state index contributed by atoms with van der Waals surface area (Å²) in [4.78, 5) is 29.5. The lowest BCUT2D eigenvalue weighted by Gasteiger charge is -2.41. The summed E-state index contributed by atoms with van der Waals surface area (Å²) in [7, 11) is 1.60. The fraction of sp³-hybridized carbons (Fsp3) is 0.636. The van der Waals surface area contributed by atoms with E-state index in [-0.39, 0.29) is 11.3 Å². The van der Waals surface area contributed by atoms with Gasteiger partial charge in [-0.25, -0.2) is 0 Å². The molecule has 2 saturated heterocycles. The van der Waals surface area contributed by atoms with Crippen molar-refractivity contribution in [2.24, 2.45) is 11.3 Å². The summed E-state index contributed by atoms with van der Waals surface area (Å²) in [6.07, 6.45) is 7.31. The van der Waals surface area contributed by atoms with E-state index >= 15 is 0 Å². The van der Waals surface area contributed by atoms with Gasteiger partial charge in [0.15, 0.2) is 0 Å². The number of hydrogen-bond donors (Lipinski definition) is 0. The maximum atomic E-state index is 12.9. The van der Waals surface area contributed by atoms with Crippen LogP contribution in [-0.4, -0.2) is 54.9 Å². The van der Waals surface area contributed by atoms with Crippen molar-refractivity contribution in [3.63, 3.8) is 0 Å². The highest BCUT2D eigenvalue weighted by Gasteiger charge is 2.40. The van der Waals surface area contributed by atoms with Gasteiger partial charge in [-0.05, 0) is 62.0 Å². The summed E-state index contributed by atoms with van der Waals surface area (Å²) in [6, 6.07) is 7.44. The molecule has 2 heterocycles. The van der Waals surface area contributed by atoms with Crippen LogP contribution in [0.25, 0.3) is 0 Å². The molecule has 3 fully saturated rings. The second-order valence-electron chi connectivity index (χ2n) is 8.53. The van der Waals surface area contributed by atoms with E-state index in [0.29, 0.717) is 23.6 Å². The van der Waals surface area contributed by atoms with E-state index in [9.17, 15) is 9.59 Å². The van der Waals surface area contributed by atoms with Crippen molar-refractivity contribution in [1.29, 1.82) is 0 Å².